The van der Waals surface area contributed by atoms with Crippen LogP contribution in [0.3, 0.4) is 0 Å². The van der Waals surface area contributed by atoms with Gasteiger partial charge < -0.3 is 9.30 Å². The molecular formula is C14H9F4N5O2. The van der Waals surface area contributed by atoms with Gasteiger partial charge in [-0.1, -0.05) is 0 Å². The third-order valence-corrected chi connectivity index (χ3v) is 3.36. The Balaban J connectivity index is 2.19. The van der Waals surface area contributed by atoms with Crippen LogP contribution in [0, 0.1) is 5.82 Å². The second-order valence-electron chi connectivity index (χ2n) is 4.95. The van der Waals surface area contributed by atoms with Crippen LogP contribution in [-0.2, 0) is 18.0 Å². The zero-order valence-electron chi connectivity index (χ0n) is 12.8. The number of aryl methyl sites for hydroxylation is 1. The maximum atomic E-state index is 14.1. The van der Waals surface area contributed by atoms with Crippen molar-refractivity contribution in [2.75, 3.05) is 7.11 Å². The van der Waals surface area contributed by atoms with Crippen LogP contribution in [0.4, 0.5) is 17.6 Å². The van der Waals surface area contributed by atoms with Crippen molar-refractivity contribution in [2.24, 2.45) is 7.05 Å². The van der Waals surface area contributed by atoms with Crippen molar-refractivity contribution >= 4 is 17.1 Å². The number of rotatable bonds is 2. The van der Waals surface area contributed by atoms with Crippen LogP contribution in [0.5, 0.6) is 0 Å². The molecule has 11 heteroatoms. The molecule has 3 rings (SSSR count). The van der Waals surface area contributed by atoms with Gasteiger partial charge in [-0.25, -0.2) is 19.2 Å². The van der Waals surface area contributed by atoms with Crippen LogP contribution in [0.1, 0.15) is 16.2 Å². The summed E-state index contributed by atoms with van der Waals surface area (Å²) in [5.74, 6) is -1.71. The number of fused-ring (bicyclic) bond motifs is 1. The van der Waals surface area contributed by atoms with Crippen molar-refractivity contribution < 1.29 is 27.1 Å². The van der Waals surface area contributed by atoms with Crippen molar-refractivity contribution in [2.45, 2.75) is 6.18 Å². The number of halogens is 4. The lowest BCUT2D eigenvalue weighted by Crippen LogP contribution is -2.09. The molecular weight excluding hydrogens is 346 g/mol. The molecule has 3 heterocycles. The molecule has 0 aliphatic rings. The molecule has 7 nitrogen and oxygen atoms in total. The molecule has 0 unspecified atom stereocenters. The fraction of sp³-hybridized carbons (Fsp3) is 0.214. The first kappa shape index (κ1) is 16.7. The van der Waals surface area contributed by atoms with E-state index in [-0.39, 0.29) is 28.4 Å². The smallest absolute Gasteiger partial charge is 0.435 e. The third kappa shape index (κ3) is 2.88. The molecule has 0 atom stereocenters. The molecule has 0 radical (unpaired) electrons. The molecule has 0 saturated carbocycles. The van der Waals surface area contributed by atoms with Crippen molar-refractivity contribution in [3.63, 3.8) is 0 Å². The minimum Gasteiger partial charge on any atom is -0.464 e. The van der Waals surface area contributed by atoms with E-state index in [1.807, 2.05) is 0 Å². The molecule has 0 amide bonds. The normalized spacial score (nSPS) is 11.8. The first-order chi connectivity index (χ1) is 11.7. The number of ether oxygens (including phenoxy) is 1. The summed E-state index contributed by atoms with van der Waals surface area (Å²) in [6, 6.07) is 2.81. The molecule has 25 heavy (non-hydrogen) atoms. The summed E-state index contributed by atoms with van der Waals surface area (Å²) in [7, 11) is 2.55. The lowest BCUT2D eigenvalue weighted by Gasteiger charge is -2.05. The fourth-order valence-electron chi connectivity index (χ4n) is 2.15. The minimum atomic E-state index is -4.69. The number of nitrogens with zero attached hydrogens (tertiary/aromatic N) is 5. The van der Waals surface area contributed by atoms with E-state index in [4.69, 9.17) is 0 Å². The number of hydrogen-bond acceptors (Lipinski definition) is 6. The monoisotopic (exact) mass is 355 g/mol. The standard InChI is InChI=1S/C14H9F4N5O2/c1-23-11-8(5-9(21-22-11)14(16,17)18)20-12(23)10-6(15)3-4-7(19-10)13(24)25-2/h3-5H,1-2H3. The second kappa shape index (κ2) is 5.76. The number of alkyl halides is 3. The van der Waals surface area contributed by atoms with Crippen molar-refractivity contribution in [1.82, 2.24) is 24.7 Å². The van der Waals surface area contributed by atoms with Gasteiger partial charge in [-0.2, -0.15) is 13.2 Å². The van der Waals surface area contributed by atoms with E-state index < -0.39 is 23.7 Å². The van der Waals surface area contributed by atoms with Crippen LogP contribution in [-0.4, -0.2) is 37.8 Å². The van der Waals surface area contributed by atoms with Crippen molar-refractivity contribution in [3.05, 3.63) is 35.4 Å². The van der Waals surface area contributed by atoms with Gasteiger partial charge in [-0.05, 0) is 12.1 Å². The van der Waals surface area contributed by atoms with E-state index in [1.54, 1.807) is 0 Å². The Kier molecular flexibility index (Phi) is 3.85. The van der Waals surface area contributed by atoms with Crippen LogP contribution in [0.2, 0.25) is 0 Å². The van der Waals surface area contributed by atoms with Crippen LogP contribution in [0.15, 0.2) is 18.2 Å². The number of carbonyl (C=O) groups is 1. The van der Waals surface area contributed by atoms with Crippen molar-refractivity contribution in [1.29, 1.82) is 0 Å². The number of hydrogen-bond donors (Lipinski definition) is 0. The van der Waals surface area contributed by atoms with Gasteiger partial charge in [0.05, 0.1) is 7.11 Å². The van der Waals surface area contributed by atoms with E-state index in [0.717, 1.165) is 19.2 Å². The summed E-state index contributed by atoms with van der Waals surface area (Å²) in [6.07, 6.45) is -4.69. The van der Waals surface area contributed by atoms with Crippen molar-refractivity contribution in [3.8, 4) is 11.5 Å². The van der Waals surface area contributed by atoms with E-state index in [2.05, 4.69) is 24.9 Å². The highest BCUT2D eigenvalue weighted by molar-refractivity contribution is 5.88. The Bertz CT molecular complexity index is 983. The molecule has 0 N–H and O–H groups in total. The molecule has 0 bridgehead atoms. The Morgan fingerprint density at radius 2 is 1.92 bits per heavy atom. The lowest BCUT2D eigenvalue weighted by molar-refractivity contribution is -0.141. The fourth-order valence-corrected chi connectivity index (χ4v) is 2.15. The first-order valence-corrected chi connectivity index (χ1v) is 6.75. The topological polar surface area (TPSA) is 82.8 Å². The van der Waals surface area contributed by atoms with Gasteiger partial charge in [0.1, 0.15) is 16.9 Å². The van der Waals surface area contributed by atoms with Crippen LogP contribution < -0.4 is 0 Å². The number of esters is 1. The quantitative estimate of drug-likeness (QED) is 0.518. The number of pyridine rings is 1. The van der Waals surface area contributed by atoms with Crippen LogP contribution in [0.25, 0.3) is 22.7 Å². The summed E-state index contributed by atoms with van der Waals surface area (Å²) >= 11 is 0. The number of methoxy groups -OCH3 is 1. The van der Waals surface area contributed by atoms with Gasteiger partial charge in [0.15, 0.2) is 23.0 Å². The number of imidazole rings is 1. The Hall–Kier alpha value is -3.11. The number of carbonyl (C=O) groups excluding carboxylic acids is 1. The molecule has 0 fully saturated rings. The Labute approximate surface area is 137 Å². The van der Waals surface area contributed by atoms with Crippen LogP contribution >= 0.6 is 0 Å². The molecule has 0 spiro atoms. The largest absolute Gasteiger partial charge is 0.464 e. The molecule has 0 saturated heterocycles. The second-order valence-corrected chi connectivity index (χ2v) is 4.95. The average Bonchev–Trinajstić information content (AvgIpc) is 2.90. The van der Waals surface area contributed by atoms with E-state index in [9.17, 15) is 22.4 Å². The van der Waals surface area contributed by atoms with E-state index >= 15 is 0 Å². The number of aromatic nitrogens is 5. The molecule has 0 aromatic carbocycles. The average molecular weight is 355 g/mol. The predicted molar refractivity (Wildman–Crippen MR) is 75.8 cm³/mol. The summed E-state index contributed by atoms with van der Waals surface area (Å²) in [4.78, 5) is 19.3. The van der Waals surface area contributed by atoms with Gasteiger partial charge in [-0.3, -0.25) is 0 Å². The Morgan fingerprint density at radius 3 is 2.56 bits per heavy atom. The van der Waals surface area contributed by atoms with E-state index in [1.165, 1.54) is 11.6 Å². The Morgan fingerprint density at radius 1 is 1.20 bits per heavy atom. The highest BCUT2D eigenvalue weighted by Gasteiger charge is 2.34. The molecule has 0 aliphatic carbocycles. The zero-order chi connectivity index (χ0) is 18.4. The maximum Gasteiger partial charge on any atom is 0.435 e. The third-order valence-electron chi connectivity index (χ3n) is 3.36. The van der Waals surface area contributed by atoms with Gasteiger partial charge in [-0.15, -0.1) is 10.2 Å². The molecule has 0 aliphatic heterocycles. The molecule has 130 valence electrons. The highest BCUT2D eigenvalue weighted by atomic mass is 19.4. The zero-order valence-corrected chi connectivity index (χ0v) is 12.8. The lowest BCUT2D eigenvalue weighted by atomic mass is 10.2. The van der Waals surface area contributed by atoms with Gasteiger partial charge >= 0.3 is 12.1 Å². The summed E-state index contributed by atoms with van der Waals surface area (Å²) in [5, 5.41) is 6.59. The maximum absolute atomic E-state index is 14.1. The van der Waals surface area contributed by atoms with E-state index in [0.29, 0.717) is 6.07 Å². The van der Waals surface area contributed by atoms with Gasteiger partial charge in [0.2, 0.25) is 0 Å². The molecule has 3 aromatic rings. The van der Waals surface area contributed by atoms with Gasteiger partial charge in [0, 0.05) is 13.1 Å². The summed E-state index contributed by atoms with van der Waals surface area (Å²) in [5.41, 5.74) is -1.84. The minimum absolute atomic E-state index is 0.00710. The first-order valence-electron chi connectivity index (χ1n) is 6.75. The molecule has 3 aromatic heterocycles. The predicted octanol–water partition coefficient (Wildman–Crippen LogP) is 2.37. The summed E-state index contributed by atoms with van der Waals surface area (Å²) in [6.45, 7) is 0. The SMILES string of the molecule is COC(=O)c1ccc(F)c(-c2nc3cc(C(F)(F)F)nnc3n2C)n1. The van der Waals surface area contributed by atoms with Gasteiger partial charge in [0.25, 0.3) is 0 Å². The summed E-state index contributed by atoms with van der Waals surface area (Å²) < 4.78 is 58.0. The highest BCUT2D eigenvalue weighted by Crippen LogP contribution is 2.30.